The van der Waals surface area contributed by atoms with Crippen molar-refractivity contribution in [2.24, 2.45) is 0 Å². The number of nitrogens with two attached hydrogens (primary N) is 1. The number of nitrogens with one attached hydrogen (secondary N) is 1. The molecule has 0 aliphatic carbocycles. The van der Waals surface area contributed by atoms with Crippen LogP contribution in [0.3, 0.4) is 0 Å². The van der Waals surface area contributed by atoms with Crippen molar-refractivity contribution >= 4 is 28.7 Å². The van der Waals surface area contributed by atoms with Gasteiger partial charge in [0.2, 0.25) is 0 Å². The van der Waals surface area contributed by atoms with Gasteiger partial charge >= 0.3 is 5.69 Å². The van der Waals surface area contributed by atoms with E-state index in [0.29, 0.717) is 4.88 Å². The lowest BCUT2D eigenvalue weighted by Crippen LogP contribution is -2.41. The van der Waals surface area contributed by atoms with Crippen LogP contribution in [0, 0.1) is 6.92 Å². The first-order chi connectivity index (χ1) is 13.9. The number of methoxy groups -OCH3 is 1. The van der Waals surface area contributed by atoms with Crippen molar-refractivity contribution in [2.75, 3.05) is 24.4 Å². The predicted octanol–water partition coefficient (Wildman–Crippen LogP) is 1.98. The number of hydrogen-bond donors (Lipinski definition) is 2. The summed E-state index contributed by atoms with van der Waals surface area (Å²) in [5.41, 5.74) is 6.43. The molecule has 3 N–H and O–H groups in total. The van der Waals surface area contributed by atoms with Gasteiger partial charge in [-0.3, -0.25) is 24.0 Å². The second-order valence-corrected chi connectivity index (χ2v) is 7.36. The fourth-order valence-electron chi connectivity index (χ4n) is 2.98. The molecule has 0 atom stereocenters. The number of H-pyrrole nitrogens is 1. The number of nitrogen functional groups attached to an aromatic ring is 1. The molecular weight excluding hydrogens is 392 g/mol. The lowest BCUT2D eigenvalue weighted by Gasteiger charge is -2.24. The van der Waals surface area contributed by atoms with Crippen LogP contribution in [-0.2, 0) is 17.8 Å². The van der Waals surface area contributed by atoms with Crippen LogP contribution in [-0.4, -0.2) is 29.2 Å². The van der Waals surface area contributed by atoms with Crippen molar-refractivity contribution in [2.45, 2.75) is 20.0 Å². The highest BCUT2D eigenvalue weighted by Gasteiger charge is 2.27. The molecule has 9 heteroatoms. The maximum Gasteiger partial charge on any atom is 0.330 e. The second-order valence-electron chi connectivity index (χ2n) is 6.45. The average Bonchev–Trinajstić information content (AvgIpc) is 3.13. The minimum absolute atomic E-state index is 0.0534. The van der Waals surface area contributed by atoms with Crippen molar-refractivity contribution in [3.8, 4) is 0 Å². The highest BCUT2D eigenvalue weighted by atomic mass is 32.1. The molecule has 29 heavy (non-hydrogen) atoms. The summed E-state index contributed by atoms with van der Waals surface area (Å²) in [6.45, 7) is 2.34. The summed E-state index contributed by atoms with van der Waals surface area (Å²) < 4.78 is 6.22. The van der Waals surface area contributed by atoms with Gasteiger partial charge in [0, 0.05) is 7.11 Å². The van der Waals surface area contributed by atoms with Crippen molar-refractivity contribution in [1.82, 2.24) is 9.55 Å². The van der Waals surface area contributed by atoms with Gasteiger partial charge in [-0.05, 0) is 29.5 Å². The number of aromatic amines is 1. The van der Waals surface area contributed by atoms with Gasteiger partial charge in [0.1, 0.15) is 5.82 Å². The second kappa shape index (κ2) is 8.89. The Morgan fingerprint density at radius 2 is 1.97 bits per heavy atom. The van der Waals surface area contributed by atoms with Crippen LogP contribution >= 0.6 is 11.3 Å². The Bertz CT molecular complexity index is 1120. The van der Waals surface area contributed by atoms with Crippen molar-refractivity contribution in [1.29, 1.82) is 0 Å². The van der Waals surface area contributed by atoms with Gasteiger partial charge in [-0.1, -0.05) is 30.3 Å². The largest absolute Gasteiger partial charge is 0.383 e. The zero-order valence-corrected chi connectivity index (χ0v) is 17.0. The highest BCUT2D eigenvalue weighted by Crippen LogP contribution is 2.25. The first-order valence-electron chi connectivity index (χ1n) is 8.95. The Labute approximate surface area is 171 Å². The number of thiophene rings is 1. The molecule has 152 valence electrons. The highest BCUT2D eigenvalue weighted by molar-refractivity contribution is 7.12. The number of benzene rings is 1. The molecule has 0 fully saturated rings. The fraction of sp³-hybridized carbons (Fsp3) is 0.250. The number of hydrogen-bond acceptors (Lipinski definition) is 6. The molecule has 0 saturated carbocycles. The van der Waals surface area contributed by atoms with Crippen molar-refractivity contribution in [3.05, 3.63) is 78.6 Å². The van der Waals surface area contributed by atoms with Crippen molar-refractivity contribution in [3.63, 3.8) is 0 Å². The molecule has 0 aliphatic rings. The number of nitrogens with zero attached hydrogens (tertiary/aromatic N) is 2. The van der Waals surface area contributed by atoms with E-state index in [4.69, 9.17) is 10.5 Å². The van der Waals surface area contributed by atoms with E-state index in [-0.39, 0.29) is 37.1 Å². The number of anilines is 2. The zero-order chi connectivity index (χ0) is 21.0. The molecule has 0 radical (unpaired) electrons. The summed E-state index contributed by atoms with van der Waals surface area (Å²) in [6.07, 6.45) is 0. The Balaban J connectivity index is 2.16. The van der Waals surface area contributed by atoms with Gasteiger partial charge in [-0.2, -0.15) is 0 Å². The standard InChI is InChI=1S/C20H22N4O4S/c1-13-8-11-29-16(13)19(26)24(12-14-6-4-3-5-7-14)15-17(21)23(9-10-28-2)20(27)22-18(15)25/h3-8,11H,9-10,12,21H2,1-2H3,(H,22,25,27). The van der Waals surface area contributed by atoms with E-state index in [2.05, 4.69) is 4.98 Å². The first-order valence-corrected chi connectivity index (χ1v) is 9.83. The minimum Gasteiger partial charge on any atom is -0.383 e. The number of aromatic nitrogens is 2. The van der Waals surface area contributed by atoms with Crippen LogP contribution in [0.15, 0.2) is 51.4 Å². The summed E-state index contributed by atoms with van der Waals surface area (Å²) in [7, 11) is 1.50. The molecule has 3 aromatic rings. The maximum atomic E-state index is 13.4. The molecule has 0 spiro atoms. The van der Waals surface area contributed by atoms with E-state index >= 15 is 0 Å². The topological polar surface area (TPSA) is 110 Å². The number of ether oxygens (including phenoxy) is 1. The van der Waals surface area contributed by atoms with Crippen LogP contribution in [0.4, 0.5) is 11.5 Å². The molecule has 0 unspecified atom stereocenters. The van der Waals surface area contributed by atoms with Crippen molar-refractivity contribution < 1.29 is 9.53 Å². The molecule has 0 bridgehead atoms. The smallest absolute Gasteiger partial charge is 0.330 e. The monoisotopic (exact) mass is 414 g/mol. The SMILES string of the molecule is COCCn1c(N)c(N(Cc2ccccc2)C(=O)c2sccc2C)c(=O)[nH]c1=O. The summed E-state index contributed by atoms with van der Waals surface area (Å²) in [5, 5.41) is 1.82. The maximum absolute atomic E-state index is 13.4. The van der Waals surface area contributed by atoms with E-state index in [0.717, 1.165) is 11.1 Å². The van der Waals surface area contributed by atoms with Crippen LogP contribution in [0.2, 0.25) is 0 Å². The summed E-state index contributed by atoms with van der Waals surface area (Å²) in [5.74, 6) is -0.426. The Kier molecular flexibility index (Phi) is 6.30. The number of aryl methyl sites for hydroxylation is 1. The summed E-state index contributed by atoms with van der Waals surface area (Å²) in [4.78, 5) is 42.4. The molecule has 1 amide bonds. The summed E-state index contributed by atoms with van der Waals surface area (Å²) in [6, 6.07) is 11.1. The fourth-order valence-corrected chi connectivity index (χ4v) is 3.85. The van der Waals surface area contributed by atoms with E-state index in [9.17, 15) is 14.4 Å². The van der Waals surface area contributed by atoms with E-state index in [1.807, 2.05) is 48.7 Å². The number of carbonyl (C=O) groups excluding carboxylic acids is 1. The predicted molar refractivity (Wildman–Crippen MR) is 114 cm³/mol. The van der Waals surface area contributed by atoms with E-state index in [1.165, 1.54) is 27.9 Å². The van der Waals surface area contributed by atoms with Gasteiger partial charge in [0.05, 0.1) is 24.6 Å². The molecule has 2 heterocycles. The lowest BCUT2D eigenvalue weighted by atomic mass is 10.2. The molecule has 8 nitrogen and oxygen atoms in total. The van der Waals surface area contributed by atoms with Gasteiger partial charge in [-0.25, -0.2) is 4.79 Å². The Morgan fingerprint density at radius 1 is 1.24 bits per heavy atom. The minimum atomic E-state index is -0.709. The number of rotatable bonds is 7. The van der Waals surface area contributed by atoms with E-state index in [1.54, 1.807) is 0 Å². The van der Waals surface area contributed by atoms with Gasteiger partial charge in [0.15, 0.2) is 5.69 Å². The molecule has 2 aromatic heterocycles. The average molecular weight is 414 g/mol. The quantitative estimate of drug-likeness (QED) is 0.614. The third-order valence-corrected chi connectivity index (χ3v) is 5.49. The third-order valence-electron chi connectivity index (χ3n) is 4.49. The van der Waals surface area contributed by atoms with Gasteiger partial charge < -0.3 is 10.5 Å². The number of amides is 1. The van der Waals surface area contributed by atoms with Gasteiger partial charge in [-0.15, -0.1) is 11.3 Å². The third kappa shape index (κ3) is 4.30. The van der Waals surface area contributed by atoms with E-state index < -0.39 is 11.2 Å². The molecular formula is C20H22N4O4S. The Morgan fingerprint density at radius 3 is 2.59 bits per heavy atom. The Hall–Kier alpha value is -3.17. The first kappa shape index (κ1) is 20.6. The van der Waals surface area contributed by atoms with Crippen LogP contribution < -0.4 is 21.9 Å². The van der Waals surface area contributed by atoms with Crippen LogP contribution in [0.5, 0.6) is 0 Å². The number of carbonyl (C=O) groups is 1. The molecule has 0 aliphatic heterocycles. The zero-order valence-electron chi connectivity index (χ0n) is 16.2. The normalized spacial score (nSPS) is 10.8. The molecule has 1 aromatic carbocycles. The van der Waals surface area contributed by atoms with Crippen LogP contribution in [0.25, 0.3) is 0 Å². The summed E-state index contributed by atoms with van der Waals surface area (Å²) >= 11 is 1.29. The molecule has 0 saturated heterocycles. The molecule has 3 rings (SSSR count). The van der Waals surface area contributed by atoms with Crippen LogP contribution in [0.1, 0.15) is 20.8 Å². The van der Waals surface area contributed by atoms with Gasteiger partial charge in [0.25, 0.3) is 11.5 Å². The lowest BCUT2D eigenvalue weighted by molar-refractivity contribution is 0.0988.